The Bertz CT molecular complexity index is 808. The summed E-state index contributed by atoms with van der Waals surface area (Å²) < 4.78 is 11.5. The molecule has 0 amide bonds. The van der Waals surface area contributed by atoms with Gasteiger partial charge in [-0.1, -0.05) is 18.5 Å². The fourth-order valence-corrected chi connectivity index (χ4v) is 3.66. The minimum atomic E-state index is -0.00610. The van der Waals surface area contributed by atoms with Crippen LogP contribution in [0.5, 0.6) is 5.75 Å². The maximum absolute atomic E-state index is 6.37. The van der Waals surface area contributed by atoms with E-state index in [4.69, 9.17) is 36.8 Å². The van der Waals surface area contributed by atoms with Gasteiger partial charge in [0.15, 0.2) is 0 Å². The summed E-state index contributed by atoms with van der Waals surface area (Å²) in [7, 11) is 0. The smallest absolute Gasteiger partial charge is 0.226 e. The fourth-order valence-electron chi connectivity index (χ4n) is 3.42. The van der Waals surface area contributed by atoms with Gasteiger partial charge < -0.3 is 20.1 Å². The molecule has 2 aliphatic rings. The minimum Gasteiger partial charge on any atom is -0.488 e. The first-order chi connectivity index (χ1) is 12.7. The molecule has 1 atom stereocenters. The molecule has 26 heavy (non-hydrogen) atoms. The molecule has 0 spiro atoms. The van der Waals surface area contributed by atoms with Crippen LogP contribution in [0, 0.1) is 0 Å². The van der Waals surface area contributed by atoms with Crippen LogP contribution in [-0.4, -0.2) is 48.9 Å². The van der Waals surface area contributed by atoms with Gasteiger partial charge in [-0.25, -0.2) is 9.97 Å². The summed E-state index contributed by atoms with van der Waals surface area (Å²) in [5.74, 6) is 1.59. The van der Waals surface area contributed by atoms with Crippen molar-refractivity contribution in [1.29, 1.82) is 0 Å². The lowest BCUT2D eigenvalue weighted by atomic mass is 10.0. The van der Waals surface area contributed by atoms with Crippen molar-refractivity contribution >= 4 is 17.5 Å². The number of rotatable bonds is 4. The summed E-state index contributed by atoms with van der Waals surface area (Å²) in [5, 5.41) is 0.685. The number of ether oxygens (including phenoxy) is 2. The van der Waals surface area contributed by atoms with E-state index in [-0.39, 0.29) is 6.10 Å². The average molecular weight is 375 g/mol. The predicted octanol–water partition coefficient (Wildman–Crippen LogP) is 2.46. The Morgan fingerprint density at radius 1 is 1.23 bits per heavy atom. The van der Waals surface area contributed by atoms with Crippen molar-refractivity contribution in [2.45, 2.75) is 25.9 Å². The topological polar surface area (TPSA) is 73.5 Å². The molecule has 1 aromatic heterocycles. The van der Waals surface area contributed by atoms with Gasteiger partial charge in [0.05, 0.1) is 18.9 Å². The fraction of sp³-hybridized carbons (Fsp3) is 0.474. The van der Waals surface area contributed by atoms with Gasteiger partial charge in [0, 0.05) is 47.9 Å². The van der Waals surface area contributed by atoms with Gasteiger partial charge in [-0.05, 0) is 24.6 Å². The molecule has 0 saturated carbocycles. The number of hydrogen-bond donors (Lipinski definition) is 1. The van der Waals surface area contributed by atoms with Crippen LogP contribution in [0.1, 0.15) is 18.2 Å². The summed E-state index contributed by atoms with van der Waals surface area (Å²) in [6.45, 7) is 5.57. The zero-order chi connectivity index (χ0) is 18.1. The van der Waals surface area contributed by atoms with Crippen LogP contribution >= 0.6 is 11.6 Å². The zero-order valence-corrected chi connectivity index (χ0v) is 15.6. The molecule has 0 aliphatic carbocycles. The standard InChI is InChI=1S/C19H23ClN4O2/c1-2-14-10-17(23-19(22-14)24-3-5-25-6-4-24)16-9-13(20)7-12-8-15(11-21)26-18(12)16/h7,9-10,15H,2-6,8,11,21H2,1H3. The second-order valence-corrected chi connectivity index (χ2v) is 7.06. The summed E-state index contributed by atoms with van der Waals surface area (Å²) in [4.78, 5) is 11.7. The Morgan fingerprint density at radius 3 is 2.77 bits per heavy atom. The molecule has 6 nitrogen and oxygen atoms in total. The molecular weight excluding hydrogens is 352 g/mol. The van der Waals surface area contributed by atoms with Gasteiger partial charge in [-0.3, -0.25) is 0 Å². The van der Waals surface area contributed by atoms with Crippen molar-refractivity contribution in [3.8, 4) is 17.0 Å². The van der Waals surface area contributed by atoms with E-state index in [2.05, 4.69) is 11.8 Å². The van der Waals surface area contributed by atoms with E-state index in [0.717, 1.165) is 60.1 Å². The molecule has 0 radical (unpaired) electrons. The number of aryl methyl sites for hydroxylation is 1. The van der Waals surface area contributed by atoms with Crippen molar-refractivity contribution in [3.05, 3.63) is 34.5 Å². The largest absolute Gasteiger partial charge is 0.488 e. The number of halogens is 1. The summed E-state index contributed by atoms with van der Waals surface area (Å²) in [6.07, 6.45) is 1.61. The lowest BCUT2D eigenvalue weighted by Gasteiger charge is -2.27. The van der Waals surface area contributed by atoms with Gasteiger partial charge in [0.25, 0.3) is 0 Å². The first kappa shape index (κ1) is 17.5. The summed E-state index contributed by atoms with van der Waals surface area (Å²) in [5.41, 5.74) is 9.65. The monoisotopic (exact) mass is 374 g/mol. The molecule has 1 unspecified atom stereocenters. The Morgan fingerprint density at radius 2 is 2.04 bits per heavy atom. The van der Waals surface area contributed by atoms with Crippen molar-refractivity contribution in [2.75, 3.05) is 37.7 Å². The van der Waals surface area contributed by atoms with E-state index < -0.39 is 0 Å². The number of nitrogens with zero attached hydrogens (tertiary/aromatic N) is 3. The number of fused-ring (bicyclic) bond motifs is 1. The lowest BCUT2D eigenvalue weighted by Crippen LogP contribution is -2.37. The summed E-state index contributed by atoms with van der Waals surface area (Å²) >= 11 is 6.37. The van der Waals surface area contributed by atoms with Crippen LogP contribution in [0.4, 0.5) is 5.95 Å². The molecule has 2 aliphatic heterocycles. The Hall–Kier alpha value is -1.89. The second kappa shape index (κ2) is 7.39. The molecule has 1 aromatic carbocycles. The van der Waals surface area contributed by atoms with Gasteiger partial charge in [-0.2, -0.15) is 0 Å². The van der Waals surface area contributed by atoms with Gasteiger partial charge >= 0.3 is 0 Å². The normalized spacial score (nSPS) is 19.3. The van der Waals surface area contributed by atoms with Gasteiger partial charge in [0.2, 0.25) is 5.95 Å². The van der Waals surface area contributed by atoms with E-state index in [1.165, 1.54) is 0 Å². The third-order valence-electron chi connectivity index (χ3n) is 4.83. The molecular formula is C19H23ClN4O2. The first-order valence-corrected chi connectivity index (χ1v) is 9.46. The average Bonchev–Trinajstić information content (AvgIpc) is 3.10. The van der Waals surface area contributed by atoms with Crippen LogP contribution in [-0.2, 0) is 17.6 Å². The van der Waals surface area contributed by atoms with Crippen LogP contribution in [0.2, 0.25) is 5.02 Å². The second-order valence-electron chi connectivity index (χ2n) is 6.62. The number of nitrogens with two attached hydrogens (primary N) is 1. The third kappa shape index (κ3) is 3.37. The molecule has 4 rings (SSSR count). The number of morpholine rings is 1. The molecule has 7 heteroatoms. The third-order valence-corrected chi connectivity index (χ3v) is 5.04. The maximum Gasteiger partial charge on any atom is 0.226 e. The summed E-state index contributed by atoms with van der Waals surface area (Å²) in [6, 6.07) is 5.90. The van der Waals surface area contributed by atoms with Crippen LogP contribution < -0.4 is 15.4 Å². The molecule has 2 N–H and O–H groups in total. The van der Waals surface area contributed by atoms with Crippen LogP contribution in [0.25, 0.3) is 11.3 Å². The van der Waals surface area contributed by atoms with Gasteiger partial charge in [0.1, 0.15) is 11.9 Å². The highest BCUT2D eigenvalue weighted by molar-refractivity contribution is 6.31. The van der Waals surface area contributed by atoms with Crippen LogP contribution in [0.15, 0.2) is 18.2 Å². The highest BCUT2D eigenvalue weighted by Crippen LogP contribution is 2.40. The van der Waals surface area contributed by atoms with Crippen molar-refractivity contribution < 1.29 is 9.47 Å². The highest BCUT2D eigenvalue weighted by Gasteiger charge is 2.27. The first-order valence-electron chi connectivity index (χ1n) is 9.08. The van der Waals surface area contributed by atoms with E-state index in [0.29, 0.717) is 24.8 Å². The number of anilines is 1. The van der Waals surface area contributed by atoms with Crippen molar-refractivity contribution in [3.63, 3.8) is 0 Å². The van der Waals surface area contributed by atoms with E-state index in [9.17, 15) is 0 Å². The molecule has 1 fully saturated rings. The zero-order valence-electron chi connectivity index (χ0n) is 14.9. The Kier molecular flexibility index (Phi) is 4.98. The number of benzene rings is 1. The van der Waals surface area contributed by atoms with E-state index >= 15 is 0 Å². The molecule has 1 saturated heterocycles. The number of hydrogen-bond acceptors (Lipinski definition) is 6. The van der Waals surface area contributed by atoms with Crippen molar-refractivity contribution in [1.82, 2.24) is 9.97 Å². The van der Waals surface area contributed by atoms with E-state index in [1.54, 1.807) is 0 Å². The minimum absolute atomic E-state index is 0.00610. The maximum atomic E-state index is 6.37. The van der Waals surface area contributed by atoms with E-state index in [1.807, 2.05) is 18.2 Å². The van der Waals surface area contributed by atoms with Gasteiger partial charge in [-0.15, -0.1) is 0 Å². The molecule has 0 bridgehead atoms. The number of aromatic nitrogens is 2. The van der Waals surface area contributed by atoms with Crippen LogP contribution in [0.3, 0.4) is 0 Å². The molecule has 2 aromatic rings. The lowest BCUT2D eigenvalue weighted by molar-refractivity contribution is 0.122. The molecule has 3 heterocycles. The van der Waals surface area contributed by atoms with Crippen molar-refractivity contribution in [2.24, 2.45) is 5.73 Å². The Balaban J connectivity index is 1.78. The highest BCUT2D eigenvalue weighted by atomic mass is 35.5. The molecule has 138 valence electrons. The quantitative estimate of drug-likeness (QED) is 0.886. The SMILES string of the molecule is CCc1cc(-c2cc(Cl)cc3c2OC(CN)C3)nc(N2CCOCC2)n1. The predicted molar refractivity (Wildman–Crippen MR) is 102 cm³/mol. The Labute approximate surface area is 158 Å².